The first kappa shape index (κ1) is 20.5. The van der Waals surface area contributed by atoms with Crippen molar-refractivity contribution in [2.24, 2.45) is 15.4 Å². The predicted molar refractivity (Wildman–Crippen MR) is 106 cm³/mol. The minimum atomic E-state index is -0.591. The van der Waals surface area contributed by atoms with E-state index in [0.29, 0.717) is 36.5 Å². The Morgan fingerprint density at radius 1 is 1.28 bits per heavy atom. The summed E-state index contributed by atoms with van der Waals surface area (Å²) in [6.07, 6.45) is 6.61. The fraction of sp³-hybridized carbons (Fsp3) is 0.500. The van der Waals surface area contributed by atoms with E-state index >= 15 is 0 Å². The Morgan fingerprint density at radius 2 is 2.07 bits per heavy atom. The zero-order valence-corrected chi connectivity index (χ0v) is 16.7. The minimum absolute atomic E-state index is 0.0841. The van der Waals surface area contributed by atoms with Gasteiger partial charge in [-0.15, -0.1) is 11.5 Å². The van der Waals surface area contributed by atoms with Gasteiger partial charge < -0.3 is 24.3 Å². The molecule has 2 aliphatic rings. The van der Waals surface area contributed by atoms with E-state index in [1.807, 2.05) is 6.07 Å². The van der Waals surface area contributed by atoms with Gasteiger partial charge in [0.15, 0.2) is 11.5 Å². The second-order valence-electron chi connectivity index (χ2n) is 6.58. The van der Waals surface area contributed by atoms with Gasteiger partial charge in [-0.05, 0) is 36.1 Å². The highest BCUT2D eigenvalue weighted by molar-refractivity contribution is 5.90. The standard InChI is InChI=1S/C20H24N4O5/c1-5-9-21-20(25)29-15-8-6-7-13-14(23-24-22-13)10-12-11-16(26-2)18(27-3)19(28-4)17(12)15/h1,11,14-15H,6-10H2,2-4H3,(H,21,25). The SMILES string of the molecule is C#CCNC(=O)OC1CCCC2=NN=NC2Cc2cc(OC)c(OC)c(OC)c21. The number of benzene rings is 1. The van der Waals surface area contributed by atoms with Gasteiger partial charge in [0.1, 0.15) is 12.1 Å². The maximum absolute atomic E-state index is 12.3. The molecule has 0 saturated carbocycles. The van der Waals surface area contributed by atoms with Crippen LogP contribution in [0.15, 0.2) is 21.5 Å². The Balaban J connectivity index is 2.10. The smallest absolute Gasteiger partial charge is 0.408 e. The Bertz CT molecular complexity index is 875. The van der Waals surface area contributed by atoms with E-state index in [1.54, 1.807) is 14.2 Å². The Kier molecular flexibility index (Phi) is 6.54. The van der Waals surface area contributed by atoms with Crippen LogP contribution in [0.4, 0.5) is 4.79 Å². The Labute approximate surface area is 169 Å². The molecule has 3 rings (SSSR count). The first-order valence-electron chi connectivity index (χ1n) is 9.29. The Morgan fingerprint density at radius 3 is 2.76 bits per heavy atom. The molecule has 1 aliphatic carbocycles. The lowest BCUT2D eigenvalue weighted by Gasteiger charge is -2.25. The molecule has 0 aromatic heterocycles. The largest absolute Gasteiger partial charge is 0.493 e. The molecule has 29 heavy (non-hydrogen) atoms. The molecule has 0 spiro atoms. The van der Waals surface area contributed by atoms with E-state index in [4.69, 9.17) is 25.4 Å². The molecule has 1 heterocycles. The monoisotopic (exact) mass is 400 g/mol. The molecule has 0 saturated heterocycles. The molecule has 0 bridgehead atoms. The maximum Gasteiger partial charge on any atom is 0.408 e. The van der Waals surface area contributed by atoms with Crippen molar-refractivity contribution in [3.05, 3.63) is 17.2 Å². The molecule has 0 radical (unpaired) electrons. The van der Waals surface area contributed by atoms with E-state index in [9.17, 15) is 4.79 Å². The van der Waals surface area contributed by atoms with Gasteiger partial charge >= 0.3 is 6.09 Å². The van der Waals surface area contributed by atoms with Crippen LogP contribution in [0.3, 0.4) is 0 Å². The summed E-state index contributed by atoms with van der Waals surface area (Å²) in [5.41, 5.74) is 2.51. The number of hydrogen-bond acceptors (Lipinski definition) is 8. The van der Waals surface area contributed by atoms with Crippen molar-refractivity contribution in [2.75, 3.05) is 27.9 Å². The fourth-order valence-electron chi connectivity index (χ4n) is 3.64. The van der Waals surface area contributed by atoms with Crippen LogP contribution in [0, 0.1) is 12.3 Å². The third-order valence-corrected chi connectivity index (χ3v) is 4.92. The topological polar surface area (TPSA) is 103 Å². The molecule has 1 aliphatic heterocycles. The van der Waals surface area contributed by atoms with E-state index in [-0.39, 0.29) is 12.6 Å². The maximum atomic E-state index is 12.3. The van der Waals surface area contributed by atoms with Gasteiger partial charge in [0.05, 0.1) is 33.6 Å². The van der Waals surface area contributed by atoms with Crippen molar-refractivity contribution < 1.29 is 23.7 Å². The van der Waals surface area contributed by atoms with Crippen LogP contribution in [0.2, 0.25) is 0 Å². The average molecular weight is 400 g/mol. The first-order chi connectivity index (χ1) is 14.1. The lowest BCUT2D eigenvalue weighted by molar-refractivity contribution is 0.0903. The number of ether oxygens (including phenoxy) is 4. The van der Waals surface area contributed by atoms with Gasteiger partial charge in [-0.1, -0.05) is 5.92 Å². The number of hydrogen-bond donors (Lipinski definition) is 1. The number of carbonyl (C=O) groups excluding carboxylic acids is 1. The normalized spacial score (nSPS) is 20.0. The van der Waals surface area contributed by atoms with Crippen LogP contribution in [0.25, 0.3) is 0 Å². The van der Waals surface area contributed by atoms with Crippen molar-refractivity contribution in [1.82, 2.24) is 5.32 Å². The van der Waals surface area contributed by atoms with E-state index in [1.165, 1.54) is 7.11 Å². The highest BCUT2D eigenvalue weighted by Gasteiger charge is 2.33. The fourth-order valence-corrected chi connectivity index (χ4v) is 3.64. The molecule has 1 N–H and O–H groups in total. The molecule has 1 aromatic carbocycles. The minimum Gasteiger partial charge on any atom is -0.493 e. The molecule has 2 unspecified atom stereocenters. The second-order valence-corrected chi connectivity index (χ2v) is 6.58. The van der Waals surface area contributed by atoms with Gasteiger partial charge in [0.25, 0.3) is 0 Å². The summed E-state index contributed by atoms with van der Waals surface area (Å²) in [5.74, 6) is 3.78. The van der Waals surface area contributed by atoms with Crippen LogP contribution < -0.4 is 19.5 Å². The summed E-state index contributed by atoms with van der Waals surface area (Å²) in [4.78, 5) is 12.3. The number of nitrogens with one attached hydrogen (secondary N) is 1. The summed E-state index contributed by atoms with van der Waals surface area (Å²) in [5, 5.41) is 14.8. The van der Waals surface area contributed by atoms with Crippen LogP contribution >= 0.6 is 0 Å². The lowest BCUT2D eigenvalue weighted by atomic mass is 9.93. The third-order valence-electron chi connectivity index (χ3n) is 4.92. The summed E-state index contributed by atoms with van der Waals surface area (Å²) >= 11 is 0. The molecule has 154 valence electrons. The lowest BCUT2D eigenvalue weighted by Crippen LogP contribution is -2.27. The summed E-state index contributed by atoms with van der Waals surface area (Å²) < 4.78 is 22.4. The van der Waals surface area contributed by atoms with Gasteiger partial charge in [-0.2, -0.15) is 5.11 Å². The first-order valence-corrected chi connectivity index (χ1v) is 9.29. The zero-order chi connectivity index (χ0) is 20.8. The van der Waals surface area contributed by atoms with Gasteiger partial charge in [0.2, 0.25) is 5.75 Å². The number of methoxy groups -OCH3 is 3. The highest BCUT2D eigenvalue weighted by atomic mass is 16.6. The van der Waals surface area contributed by atoms with Gasteiger partial charge in [0, 0.05) is 12.0 Å². The molecule has 2 atom stereocenters. The average Bonchev–Trinajstić information content (AvgIpc) is 3.18. The second kappa shape index (κ2) is 9.28. The predicted octanol–water partition coefficient (Wildman–Crippen LogP) is 3.03. The molecular formula is C20H24N4O5. The van der Waals surface area contributed by atoms with Crippen molar-refractivity contribution in [3.63, 3.8) is 0 Å². The molecular weight excluding hydrogens is 376 g/mol. The van der Waals surface area contributed by atoms with E-state index in [0.717, 1.165) is 23.3 Å². The van der Waals surface area contributed by atoms with E-state index in [2.05, 4.69) is 26.7 Å². The van der Waals surface area contributed by atoms with Crippen LogP contribution in [0.1, 0.15) is 36.5 Å². The number of carbonyl (C=O) groups is 1. The van der Waals surface area contributed by atoms with E-state index < -0.39 is 12.2 Å². The number of terminal acetylenes is 1. The van der Waals surface area contributed by atoms with Crippen LogP contribution in [-0.4, -0.2) is 45.7 Å². The van der Waals surface area contributed by atoms with Gasteiger partial charge in [-0.25, -0.2) is 4.79 Å². The van der Waals surface area contributed by atoms with Crippen molar-refractivity contribution in [3.8, 4) is 29.6 Å². The molecule has 9 heteroatoms. The van der Waals surface area contributed by atoms with Crippen molar-refractivity contribution in [2.45, 2.75) is 37.8 Å². The molecule has 0 fully saturated rings. The van der Waals surface area contributed by atoms with Crippen molar-refractivity contribution >= 4 is 11.8 Å². The quantitative estimate of drug-likeness (QED) is 0.765. The Hall–Kier alpha value is -3.28. The highest BCUT2D eigenvalue weighted by Crippen LogP contribution is 2.47. The van der Waals surface area contributed by atoms with Gasteiger partial charge in [-0.3, -0.25) is 0 Å². The van der Waals surface area contributed by atoms with Crippen LogP contribution in [-0.2, 0) is 11.2 Å². The summed E-state index contributed by atoms with van der Waals surface area (Å²) in [7, 11) is 4.64. The number of nitrogens with zero attached hydrogens (tertiary/aromatic N) is 3. The summed E-state index contributed by atoms with van der Waals surface area (Å²) in [6.45, 7) is 0.0841. The number of amides is 1. The molecule has 1 aromatic rings. The zero-order valence-electron chi connectivity index (χ0n) is 16.7. The summed E-state index contributed by atoms with van der Waals surface area (Å²) in [6, 6.07) is 1.70. The van der Waals surface area contributed by atoms with Crippen LogP contribution in [0.5, 0.6) is 17.2 Å². The van der Waals surface area contributed by atoms with Crippen molar-refractivity contribution in [1.29, 1.82) is 0 Å². The number of rotatable bonds is 5. The number of alkyl carbamates (subject to hydrolysis) is 1. The molecule has 9 nitrogen and oxygen atoms in total. The third kappa shape index (κ3) is 4.26. The number of fused-ring (bicyclic) bond motifs is 2. The molecule has 1 amide bonds.